The molecule has 4 aromatic rings. The minimum atomic E-state index is -3.80. The number of nitrogens with zero attached hydrogens (tertiary/aromatic N) is 4. The highest BCUT2D eigenvalue weighted by Crippen LogP contribution is 2.34. The first-order valence-corrected chi connectivity index (χ1v) is 13.3. The van der Waals surface area contributed by atoms with Gasteiger partial charge >= 0.3 is 0 Å². The molecular weight excluding hydrogens is 506 g/mol. The van der Waals surface area contributed by atoms with Crippen molar-refractivity contribution in [1.29, 1.82) is 5.26 Å². The third-order valence-corrected chi connectivity index (χ3v) is 8.60. The number of nitrogens with one attached hydrogen (secondary N) is 1. The van der Waals surface area contributed by atoms with Gasteiger partial charge in [0.25, 0.3) is 0 Å². The second-order valence-electron chi connectivity index (χ2n) is 9.04. The number of sulfonamides is 1. The Labute approximate surface area is 223 Å². The van der Waals surface area contributed by atoms with E-state index in [1.165, 1.54) is 0 Å². The van der Waals surface area contributed by atoms with Gasteiger partial charge in [0.2, 0.25) is 10.0 Å². The van der Waals surface area contributed by atoms with Crippen molar-refractivity contribution in [2.45, 2.75) is 37.4 Å². The van der Waals surface area contributed by atoms with E-state index in [0.29, 0.717) is 25.1 Å². The maximum Gasteiger partial charge on any atom is 0.243 e. The summed E-state index contributed by atoms with van der Waals surface area (Å²) >= 11 is 0. The van der Waals surface area contributed by atoms with Gasteiger partial charge in [0.15, 0.2) is 0 Å². The second-order valence-corrected chi connectivity index (χ2v) is 10.9. The smallest absolute Gasteiger partial charge is 0.243 e. The number of rotatable bonds is 7. The van der Waals surface area contributed by atoms with Gasteiger partial charge in [-0.05, 0) is 60.4 Å². The van der Waals surface area contributed by atoms with Crippen molar-refractivity contribution < 1.29 is 8.42 Å². The van der Waals surface area contributed by atoms with Crippen molar-refractivity contribution in [1.82, 2.24) is 14.3 Å². The molecule has 190 valence electrons. The van der Waals surface area contributed by atoms with E-state index in [9.17, 15) is 13.7 Å². The van der Waals surface area contributed by atoms with Crippen LogP contribution in [0.15, 0.2) is 90.2 Å². The van der Waals surface area contributed by atoms with Crippen molar-refractivity contribution >= 4 is 28.1 Å². The number of aromatic nitrogens is 2. The lowest BCUT2D eigenvalue weighted by molar-refractivity contribution is 0.302. The van der Waals surface area contributed by atoms with Crippen molar-refractivity contribution in [3.8, 4) is 6.07 Å². The normalized spacial score (nSPS) is 15.1. The maximum absolute atomic E-state index is 14.0. The molecule has 1 atom stereocenters. The summed E-state index contributed by atoms with van der Waals surface area (Å²) in [6, 6.07) is 24.0. The third-order valence-electron chi connectivity index (χ3n) is 6.69. The fourth-order valence-corrected chi connectivity index (χ4v) is 6.42. The van der Waals surface area contributed by atoms with Crippen LogP contribution in [-0.4, -0.2) is 35.3 Å². The van der Waals surface area contributed by atoms with Gasteiger partial charge in [-0.15, -0.1) is 12.4 Å². The van der Waals surface area contributed by atoms with Crippen LogP contribution in [0.3, 0.4) is 0 Å². The third kappa shape index (κ3) is 5.54. The first-order chi connectivity index (χ1) is 17.5. The SMILES string of the molecule is Cc1ccccc1CN(C1Cc2cc(C#N)ccc2N(Cc2c[nH]cn2)C1)S(=O)(=O)c1ccccc1.Cl. The van der Waals surface area contributed by atoms with E-state index >= 15 is 0 Å². The Hall–Kier alpha value is -3.64. The molecule has 0 aliphatic carbocycles. The molecule has 1 aromatic heterocycles. The van der Waals surface area contributed by atoms with E-state index in [2.05, 4.69) is 20.9 Å². The molecular formula is C28H28ClN5O2S. The van der Waals surface area contributed by atoms with Crippen LogP contribution in [0, 0.1) is 18.3 Å². The van der Waals surface area contributed by atoms with E-state index in [0.717, 1.165) is 28.1 Å². The average Bonchev–Trinajstić information content (AvgIpc) is 3.41. The molecule has 0 fully saturated rings. The molecule has 5 rings (SSSR count). The zero-order valence-corrected chi connectivity index (χ0v) is 22.0. The first kappa shape index (κ1) is 26.4. The predicted octanol–water partition coefficient (Wildman–Crippen LogP) is 4.83. The van der Waals surface area contributed by atoms with E-state index in [1.807, 2.05) is 61.7 Å². The molecule has 37 heavy (non-hydrogen) atoms. The van der Waals surface area contributed by atoms with Crippen LogP contribution in [-0.2, 0) is 29.5 Å². The van der Waals surface area contributed by atoms with Gasteiger partial charge in [-0.1, -0.05) is 42.5 Å². The van der Waals surface area contributed by atoms with Gasteiger partial charge in [0.1, 0.15) is 0 Å². The minimum Gasteiger partial charge on any atom is -0.364 e. The number of hydrogen-bond donors (Lipinski definition) is 1. The summed E-state index contributed by atoms with van der Waals surface area (Å²) in [7, 11) is -3.80. The molecule has 0 saturated heterocycles. The lowest BCUT2D eigenvalue weighted by Gasteiger charge is -2.40. The Balaban J connectivity index is 0.00000320. The molecule has 0 saturated carbocycles. The van der Waals surface area contributed by atoms with Crippen molar-refractivity contribution in [2.75, 3.05) is 11.4 Å². The average molecular weight is 534 g/mol. The zero-order valence-electron chi connectivity index (χ0n) is 20.4. The highest BCUT2D eigenvalue weighted by molar-refractivity contribution is 7.89. The van der Waals surface area contributed by atoms with Crippen molar-refractivity contribution in [3.63, 3.8) is 0 Å². The number of imidazole rings is 1. The fraction of sp³-hybridized carbons (Fsp3) is 0.214. The predicted molar refractivity (Wildman–Crippen MR) is 146 cm³/mol. The number of benzene rings is 3. The fourth-order valence-electron chi connectivity index (χ4n) is 4.81. The van der Waals surface area contributed by atoms with E-state index < -0.39 is 10.0 Å². The van der Waals surface area contributed by atoms with Crippen LogP contribution in [0.2, 0.25) is 0 Å². The molecule has 0 bridgehead atoms. The molecule has 1 N–H and O–H groups in total. The van der Waals surface area contributed by atoms with Crippen LogP contribution in [0.4, 0.5) is 5.69 Å². The van der Waals surface area contributed by atoms with Crippen LogP contribution < -0.4 is 4.90 Å². The molecule has 1 aliphatic rings. The van der Waals surface area contributed by atoms with Crippen LogP contribution >= 0.6 is 12.4 Å². The second kappa shape index (κ2) is 11.2. The summed E-state index contributed by atoms with van der Waals surface area (Å²) in [6.07, 6.45) is 4.00. The topological polar surface area (TPSA) is 93.1 Å². The number of fused-ring (bicyclic) bond motifs is 1. The summed E-state index contributed by atoms with van der Waals surface area (Å²) in [6.45, 7) is 3.30. The lowest BCUT2D eigenvalue weighted by atomic mass is 9.95. The van der Waals surface area contributed by atoms with E-state index in [1.54, 1.807) is 34.9 Å². The molecule has 7 nitrogen and oxygen atoms in total. The highest BCUT2D eigenvalue weighted by Gasteiger charge is 2.36. The number of anilines is 1. The number of hydrogen-bond acceptors (Lipinski definition) is 5. The molecule has 3 aromatic carbocycles. The maximum atomic E-state index is 14.0. The minimum absolute atomic E-state index is 0. The monoisotopic (exact) mass is 533 g/mol. The Bertz CT molecular complexity index is 1500. The summed E-state index contributed by atoms with van der Waals surface area (Å²) in [4.78, 5) is 9.81. The van der Waals surface area contributed by atoms with Crippen LogP contribution in [0.5, 0.6) is 0 Å². The number of halogens is 1. The standard InChI is InChI=1S/C28H27N5O2S.ClH/c1-21-7-5-6-8-23(21)17-33(36(34,35)27-9-3-2-4-10-27)26-14-24-13-22(15-29)11-12-28(24)32(19-26)18-25-16-30-20-31-25;/h2-13,16,20,26H,14,17-19H2,1H3,(H,30,31);1H. The molecule has 1 aliphatic heterocycles. The molecule has 9 heteroatoms. The van der Waals surface area contributed by atoms with E-state index in [4.69, 9.17) is 0 Å². The quantitative estimate of drug-likeness (QED) is 0.367. The summed E-state index contributed by atoms with van der Waals surface area (Å²) in [5.74, 6) is 0. The summed E-state index contributed by atoms with van der Waals surface area (Å²) in [5.41, 5.74) is 5.39. The van der Waals surface area contributed by atoms with Gasteiger partial charge in [-0.25, -0.2) is 13.4 Å². The van der Waals surface area contributed by atoms with Gasteiger partial charge in [-0.3, -0.25) is 0 Å². The van der Waals surface area contributed by atoms with Gasteiger partial charge in [0, 0.05) is 31.0 Å². The van der Waals surface area contributed by atoms with Crippen LogP contribution in [0.1, 0.15) is 27.9 Å². The van der Waals surface area contributed by atoms with Gasteiger partial charge < -0.3 is 9.88 Å². The number of aromatic amines is 1. The Morgan fingerprint density at radius 3 is 2.57 bits per heavy atom. The molecule has 1 unspecified atom stereocenters. The van der Waals surface area contributed by atoms with E-state index in [-0.39, 0.29) is 29.9 Å². The molecule has 0 spiro atoms. The highest BCUT2D eigenvalue weighted by atomic mass is 35.5. The van der Waals surface area contributed by atoms with Crippen molar-refractivity contribution in [2.24, 2.45) is 0 Å². The molecule has 0 amide bonds. The number of H-pyrrole nitrogens is 1. The Morgan fingerprint density at radius 2 is 1.86 bits per heavy atom. The Kier molecular flexibility index (Phi) is 7.98. The zero-order chi connectivity index (χ0) is 25.1. The van der Waals surface area contributed by atoms with Crippen LogP contribution in [0.25, 0.3) is 0 Å². The van der Waals surface area contributed by atoms with Gasteiger partial charge in [-0.2, -0.15) is 9.57 Å². The number of nitriles is 1. The molecule has 2 heterocycles. The summed E-state index contributed by atoms with van der Waals surface area (Å²) < 4.78 is 29.7. The summed E-state index contributed by atoms with van der Waals surface area (Å²) in [5, 5.41) is 9.51. The van der Waals surface area contributed by atoms with Gasteiger partial charge in [0.05, 0.1) is 35.1 Å². The first-order valence-electron chi connectivity index (χ1n) is 11.8. The molecule has 0 radical (unpaired) electrons. The number of aryl methyl sites for hydroxylation is 1. The lowest BCUT2D eigenvalue weighted by Crippen LogP contribution is -2.50. The Morgan fingerprint density at radius 1 is 1.11 bits per heavy atom. The largest absolute Gasteiger partial charge is 0.364 e. The van der Waals surface area contributed by atoms with Crippen molar-refractivity contribution in [3.05, 3.63) is 113 Å².